The number of esters is 1. The molecule has 1 atom stereocenters. The topological polar surface area (TPSA) is 88.4 Å². The van der Waals surface area contributed by atoms with Crippen molar-refractivity contribution >= 4 is 29.2 Å². The summed E-state index contributed by atoms with van der Waals surface area (Å²) in [5.74, 6) is -0.648. The van der Waals surface area contributed by atoms with E-state index in [2.05, 4.69) is 5.32 Å². The molecule has 7 heteroatoms. The Morgan fingerprint density at radius 3 is 2.42 bits per heavy atom. The molecule has 2 aromatic carbocycles. The summed E-state index contributed by atoms with van der Waals surface area (Å²) < 4.78 is 10.4. The molecule has 0 heterocycles. The number of ether oxygens (including phenoxy) is 2. The first-order chi connectivity index (χ1) is 12.5. The Morgan fingerprint density at radius 2 is 1.81 bits per heavy atom. The van der Waals surface area contributed by atoms with E-state index >= 15 is 0 Å². The number of carbonyl (C=O) groups excluding carboxylic acids is 2. The van der Waals surface area contributed by atoms with Gasteiger partial charge in [-0.05, 0) is 48.9 Å². The SMILES string of the molecule is C[C@H](Oc1ccc(Cl)cc1)C(=O)OCC(=O)Nc1ccc(CC#N)cc1. The van der Waals surface area contributed by atoms with Crippen molar-refractivity contribution in [3.8, 4) is 11.8 Å². The summed E-state index contributed by atoms with van der Waals surface area (Å²) in [6.45, 7) is 1.11. The Balaban J connectivity index is 1.77. The van der Waals surface area contributed by atoms with Gasteiger partial charge in [-0.2, -0.15) is 5.26 Å². The van der Waals surface area contributed by atoms with Crippen LogP contribution in [0.3, 0.4) is 0 Å². The van der Waals surface area contributed by atoms with Crippen LogP contribution in [-0.4, -0.2) is 24.6 Å². The van der Waals surface area contributed by atoms with Gasteiger partial charge in [0, 0.05) is 10.7 Å². The van der Waals surface area contributed by atoms with E-state index in [1.54, 1.807) is 48.5 Å². The summed E-state index contributed by atoms with van der Waals surface area (Å²) in [4.78, 5) is 23.8. The lowest BCUT2D eigenvalue weighted by Gasteiger charge is -2.14. The molecular formula is C19H17ClN2O4. The summed E-state index contributed by atoms with van der Waals surface area (Å²) in [6, 6.07) is 15.4. The van der Waals surface area contributed by atoms with Gasteiger partial charge in [-0.1, -0.05) is 23.7 Å². The number of nitriles is 1. The van der Waals surface area contributed by atoms with E-state index in [4.69, 9.17) is 26.3 Å². The molecule has 0 fully saturated rings. The molecule has 134 valence electrons. The van der Waals surface area contributed by atoms with E-state index < -0.39 is 24.6 Å². The normalized spacial score (nSPS) is 11.1. The third-order valence-electron chi connectivity index (χ3n) is 3.32. The first-order valence-corrected chi connectivity index (χ1v) is 8.20. The number of hydrogen-bond acceptors (Lipinski definition) is 5. The molecule has 0 aliphatic heterocycles. The maximum Gasteiger partial charge on any atom is 0.347 e. The Hall–Kier alpha value is -3.04. The first-order valence-electron chi connectivity index (χ1n) is 7.82. The second kappa shape index (κ2) is 9.44. The molecule has 1 N–H and O–H groups in total. The zero-order valence-corrected chi connectivity index (χ0v) is 14.8. The number of rotatable bonds is 7. The zero-order valence-electron chi connectivity index (χ0n) is 14.1. The van der Waals surface area contributed by atoms with Crippen molar-refractivity contribution in [3.63, 3.8) is 0 Å². The molecule has 0 saturated heterocycles. The monoisotopic (exact) mass is 372 g/mol. The highest BCUT2D eigenvalue weighted by molar-refractivity contribution is 6.30. The Morgan fingerprint density at radius 1 is 1.15 bits per heavy atom. The van der Waals surface area contributed by atoms with Crippen molar-refractivity contribution in [2.75, 3.05) is 11.9 Å². The van der Waals surface area contributed by atoms with Crippen LogP contribution < -0.4 is 10.1 Å². The van der Waals surface area contributed by atoms with Gasteiger partial charge in [0.2, 0.25) is 0 Å². The minimum absolute atomic E-state index is 0.303. The zero-order chi connectivity index (χ0) is 18.9. The lowest BCUT2D eigenvalue weighted by atomic mass is 10.1. The number of anilines is 1. The molecule has 0 saturated carbocycles. The number of nitrogens with one attached hydrogen (secondary N) is 1. The van der Waals surface area contributed by atoms with Crippen LogP contribution in [0.2, 0.25) is 5.02 Å². The van der Waals surface area contributed by atoms with Crippen LogP contribution in [0.5, 0.6) is 5.75 Å². The fraction of sp³-hybridized carbons (Fsp3) is 0.211. The van der Waals surface area contributed by atoms with Gasteiger partial charge < -0.3 is 14.8 Å². The van der Waals surface area contributed by atoms with E-state index in [1.165, 1.54) is 6.92 Å². The van der Waals surface area contributed by atoms with Gasteiger partial charge in [-0.25, -0.2) is 4.79 Å². The number of carbonyl (C=O) groups is 2. The average molecular weight is 373 g/mol. The van der Waals surface area contributed by atoms with Crippen LogP contribution >= 0.6 is 11.6 Å². The highest BCUT2D eigenvalue weighted by atomic mass is 35.5. The molecular weight excluding hydrogens is 356 g/mol. The van der Waals surface area contributed by atoms with E-state index in [9.17, 15) is 9.59 Å². The van der Waals surface area contributed by atoms with Crippen LogP contribution in [0.1, 0.15) is 12.5 Å². The van der Waals surface area contributed by atoms with Gasteiger partial charge in [0.1, 0.15) is 5.75 Å². The standard InChI is InChI=1S/C19H17ClN2O4/c1-13(26-17-8-4-15(20)5-9-17)19(24)25-12-18(23)22-16-6-2-14(3-7-16)10-11-21/h2-9,13H,10,12H2,1H3,(H,22,23)/t13-/m0/s1. The number of halogens is 1. The van der Waals surface area contributed by atoms with Crippen molar-refractivity contribution in [3.05, 3.63) is 59.1 Å². The van der Waals surface area contributed by atoms with Crippen molar-refractivity contribution in [1.29, 1.82) is 5.26 Å². The fourth-order valence-corrected chi connectivity index (χ4v) is 2.14. The van der Waals surface area contributed by atoms with Crippen LogP contribution in [0, 0.1) is 11.3 Å². The van der Waals surface area contributed by atoms with Crippen molar-refractivity contribution in [1.82, 2.24) is 0 Å². The molecule has 0 aromatic heterocycles. The largest absolute Gasteiger partial charge is 0.479 e. The molecule has 2 rings (SSSR count). The Bertz CT molecular complexity index is 798. The molecule has 6 nitrogen and oxygen atoms in total. The quantitative estimate of drug-likeness (QED) is 0.753. The average Bonchev–Trinajstić information content (AvgIpc) is 2.63. The third kappa shape index (κ3) is 6.11. The predicted octanol–water partition coefficient (Wildman–Crippen LogP) is 3.36. The summed E-state index contributed by atoms with van der Waals surface area (Å²) in [5, 5.41) is 11.8. The van der Waals surface area contributed by atoms with Crippen LogP contribution in [0.4, 0.5) is 5.69 Å². The Kier molecular flexibility index (Phi) is 7.01. The van der Waals surface area contributed by atoms with Crippen LogP contribution in [0.15, 0.2) is 48.5 Å². The Labute approximate surface area is 156 Å². The molecule has 1 amide bonds. The van der Waals surface area contributed by atoms with Crippen LogP contribution in [0.25, 0.3) is 0 Å². The van der Waals surface area contributed by atoms with Gasteiger partial charge in [0.25, 0.3) is 5.91 Å². The van der Waals surface area contributed by atoms with Gasteiger partial charge >= 0.3 is 5.97 Å². The summed E-state index contributed by atoms with van der Waals surface area (Å²) in [5.41, 5.74) is 1.41. The van der Waals surface area contributed by atoms with Crippen LogP contribution in [-0.2, 0) is 20.7 Å². The molecule has 0 aliphatic carbocycles. The highest BCUT2D eigenvalue weighted by Crippen LogP contribution is 2.17. The third-order valence-corrected chi connectivity index (χ3v) is 3.58. The van der Waals surface area contributed by atoms with E-state index in [1.807, 2.05) is 6.07 Å². The summed E-state index contributed by atoms with van der Waals surface area (Å²) in [6.07, 6.45) is -0.564. The van der Waals surface area contributed by atoms with Gasteiger partial charge in [-0.15, -0.1) is 0 Å². The highest BCUT2D eigenvalue weighted by Gasteiger charge is 2.18. The first kappa shape index (κ1) is 19.3. The molecule has 26 heavy (non-hydrogen) atoms. The van der Waals surface area contributed by atoms with Gasteiger partial charge in [0.15, 0.2) is 12.7 Å². The van der Waals surface area contributed by atoms with E-state index in [0.29, 0.717) is 22.9 Å². The lowest BCUT2D eigenvalue weighted by molar-refractivity contribution is -0.153. The lowest BCUT2D eigenvalue weighted by Crippen LogP contribution is -2.29. The van der Waals surface area contributed by atoms with E-state index in [-0.39, 0.29) is 0 Å². The summed E-state index contributed by atoms with van der Waals surface area (Å²) >= 11 is 5.78. The maximum atomic E-state index is 11.9. The number of benzene rings is 2. The summed E-state index contributed by atoms with van der Waals surface area (Å²) in [7, 11) is 0. The van der Waals surface area contributed by atoms with Crippen molar-refractivity contribution < 1.29 is 19.1 Å². The molecule has 0 unspecified atom stereocenters. The predicted molar refractivity (Wildman–Crippen MR) is 96.9 cm³/mol. The minimum atomic E-state index is -0.866. The van der Waals surface area contributed by atoms with Gasteiger partial charge in [-0.3, -0.25) is 4.79 Å². The minimum Gasteiger partial charge on any atom is -0.479 e. The molecule has 0 radical (unpaired) electrons. The van der Waals surface area contributed by atoms with Crippen molar-refractivity contribution in [2.24, 2.45) is 0 Å². The number of amides is 1. The second-order valence-electron chi connectivity index (χ2n) is 5.40. The molecule has 2 aromatic rings. The molecule has 0 spiro atoms. The number of nitrogens with zero attached hydrogens (tertiary/aromatic N) is 1. The van der Waals surface area contributed by atoms with Crippen molar-refractivity contribution in [2.45, 2.75) is 19.4 Å². The second-order valence-corrected chi connectivity index (χ2v) is 5.84. The molecule has 0 bridgehead atoms. The fourth-order valence-electron chi connectivity index (χ4n) is 2.01. The maximum absolute atomic E-state index is 11.9. The van der Waals surface area contributed by atoms with Gasteiger partial charge in [0.05, 0.1) is 12.5 Å². The smallest absolute Gasteiger partial charge is 0.347 e. The van der Waals surface area contributed by atoms with E-state index in [0.717, 1.165) is 5.56 Å². The number of hydrogen-bond donors (Lipinski definition) is 1. The molecule has 0 aliphatic rings.